The number of aryl methyl sites for hydroxylation is 2. The number of carbonyl (C=O) groups excluding carboxylic acids is 1. The minimum atomic E-state index is -5.08. The zero-order valence-electron chi connectivity index (χ0n) is 24.0. The summed E-state index contributed by atoms with van der Waals surface area (Å²) >= 11 is 0. The molecule has 0 bridgehead atoms. The predicted molar refractivity (Wildman–Crippen MR) is 148 cm³/mol. The molecule has 1 aliphatic carbocycles. The molecular formula is C28H35F3N4O7. The van der Waals surface area contributed by atoms with Crippen molar-refractivity contribution in [1.29, 1.82) is 0 Å². The lowest BCUT2D eigenvalue weighted by molar-refractivity contribution is -0.384. The van der Waals surface area contributed by atoms with Gasteiger partial charge in [-0.05, 0) is 88.0 Å². The first-order valence-electron chi connectivity index (χ1n) is 13.2. The van der Waals surface area contributed by atoms with Crippen molar-refractivity contribution >= 4 is 23.4 Å². The average Bonchev–Trinajstić information content (AvgIpc) is 3.26. The largest absolute Gasteiger partial charge is 0.493 e. The molecule has 0 aromatic heterocycles. The van der Waals surface area contributed by atoms with Crippen molar-refractivity contribution in [2.75, 3.05) is 33.1 Å². The van der Waals surface area contributed by atoms with Gasteiger partial charge in [0.1, 0.15) is 5.69 Å². The Bertz CT molecular complexity index is 1340. The molecule has 230 valence electrons. The summed E-state index contributed by atoms with van der Waals surface area (Å²) < 4.78 is 42.7. The number of benzene rings is 2. The van der Waals surface area contributed by atoms with Gasteiger partial charge >= 0.3 is 18.2 Å². The Balaban J connectivity index is 0.000000616. The van der Waals surface area contributed by atoms with Crippen LogP contribution in [0, 0.1) is 24.0 Å². The fourth-order valence-corrected chi connectivity index (χ4v) is 5.79. The first kappa shape index (κ1) is 32.4. The van der Waals surface area contributed by atoms with Gasteiger partial charge in [0.15, 0.2) is 11.5 Å². The van der Waals surface area contributed by atoms with Gasteiger partial charge in [-0.2, -0.15) is 13.2 Å². The van der Waals surface area contributed by atoms with Crippen LogP contribution in [0.5, 0.6) is 11.5 Å². The molecule has 1 saturated carbocycles. The van der Waals surface area contributed by atoms with Crippen LogP contribution >= 0.6 is 0 Å². The van der Waals surface area contributed by atoms with Crippen LogP contribution in [-0.2, 0) is 10.2 Å². The van der Waals surface area contributed by atoms with Gasteiger partial charge in [0.05, 0.1) is 19.1 Å². The van der Waals surface area contributed by atoms with Crippen molar-refractivity contribution in [2.24, 2.45) is 0 Å². The number of nitro groups is 1. The minimum absolute atomic E-state index is 0.0180. The molecule has 0 unspecified atom stereocenters. The molecule has 1 aliphatic heterocycles. The van der Waals surface area contributed by atoms with E-state index >= 15 is 0 Å². The van der Waals surface area contributed by atoms with Crippen molar-refractivity contribution in [3.05, 3.63) is 57.1 Å². The van der Waals surface area contributed by atoms with E-state index < -0.39 is 23.1 Å². The fourth-order valence-electron chi connectivity index (χ4n) is 5.79. The van der Waals surface area contributed by atoms with Crippen LogP contribution in [0.3, 0.4) is 0 Å². The van der Waals surface area contributed by atoms with Crippen molar-refractivity contribution < 1.29 is 42.3 Å². The summed E-state index contributed by atoms with van der Waals surface area (Å²) in [6, 6.07) is 9.15. The Hall–Kier alpha value is -4.07. The van der Waals surface area contributed by atoms with Crippen LogP contribution in [-0.4, -0.2) is 73.0 Å². The van der Waals surface area contributed by atoms with Crippen molar-refractivity contribution in [3.63, 3.8) is 0 Å². The van der Waals surface area contributed by atoms with Crippen LogP contribution in [0.2, 0.25) is 0 Å². The van der Waals surface area contributed by atoms with E-state index in [-0.39, 0.29) is 28.9 Å². The number of nitrogens with one attached hydrogen (secondary N) is 2. The highest BCUT2D eigenvalue weighted by molar-refractivity contribution is 5.92. The molecule has 3 atom stereocenters. The van der Waals surface area contributed by atoms with E-state index in [1.165, 1.54) is 11.6 Å². The van der Waals surface area contributed by atoms with Gasteiger partial charge in [0, 0.05) is 23.6 Å². The van der Waals surface area contributed by atoms with Gasteiger partial charge in [0.25, 0.3) is 5.69 Å². The molecular weight excluding hydrogens is 561 g/mol. The molecule has 14 heteroatoms. The van der Waals surface area contributed by atoms with Crippen LogP contribution in [0.4, 0.5) is 29.3 Å². The normalized spacial score (nSPS) is 21.8. The summed E-state index contributed by atoms with van der Waals surface area (Å²) in [5, 5.41) is 24.4. The SMILES string of the molecule is COc1ccc([C@@]23CC[C@@H](NC(=O)Nc4cc(C)c(C)cc4[N+](=O)[O-])C[C@@H]2N(C)CC3)cc1OC.O=C(O)C(F)(F)F. The lowest BCUT2D eigenvalue weighted by Gasteiger charge is -2.45. The number of ether oxygens (including phenoxy) is 2. The highest BCUT2D eigenvalue weighted by Gasteiger charge is 2.50. The lowest BCUT2D eigenvalue weighted by Crippen LogP contribution is -2.52. The monoisotopic (exact) mass is 596 g/mol. The Labute approximate surface area is 241 Å². The van der Waals surface area contributed by atoms with Crippen LogP contribution in [0.15, 0.2) is 30.3 Å². The number of halogens is 3. The van der Waals surface area contributed by atoms with Gasteiger partial charge in [-0.25, -0.2) is 9.59 Å². The number of carboxylic acids is 1. The second-order valence-corrected chi connectivity index (χ2v) is 10.6. The first-order chi connectivity index (χ1) is 19.6. The number of nitro benzene ring substituents is 1. The molecule has 2 aromatic carbocycles. The number of likely N-dealkylation sites (tertiary alicyclic amines) is 1. The van der Waals surface area contributed by atoms with E-state index in [0.717, 1.165) is 49.1 Å². The molecule has 2 fully saturated rings. The summed E-state index contributed by atoms with van der Waals surface area (Å²) in [6.07, 6.45) is -1.50. The number of amides is 2. The first-order valence-corrected chi connectivity index (χ1v) is 13.2. The number of carbonyl (C=O) groups is 2. The quantitative estimate of drug-likeness (QED) is 0.306. The predicted octanol–water partition coefficient (Wildman–Crippen LogP) is 5.18. The Kier molecular flexibility index (Phi) is 9.92. The van der Waals surface area contributed by atoms with Gasteiger partial charge in [-0.15, -0.1) is 0 Å². The number of hydrogen-bond donors (Lipinski definition) is 3. The molecule has 1 saturated heterocycles. The van der Waals surface area contributed by atoms with Gasteiger partial charge in [0.2, 0.25) is 0 Å². The van der Waals surface area contributed by atoms with E-state index in [0.29, 0.717) is 5.75 Å². The maximum absolute atomic E-state index is 12.8. The third-order valence-corrected chi connectivity index (χ3v) is 8.12. The van der Waals surface area contributed by atoms with Crippen molar-refractivity contribution in [3.8, 4) is 11.5 Å². The Morgan fingerprint density at radius 2 is 1.71 bits per heavy atom. The number of likely N-dealkylation sites (N-methyl/N-ethyl adjacent to an activating group) is 1. The number of rotatable bonds is 6. The second kappa shape index (κ2) is 12.8. The highest BCUT2D eigenvalue weighted by Crippen LogP contribution is 2.50. The number of aliphatic carboxylic acids is 1. The molecule has 42 heavy (non-hydrogen) atoms. The number of methoxy groups -OCH3 is 2. The summed E-state index contributed by atoms with van der Waals surface area (Å²) in [7, 11) is 5.42. The minimum Gasteiger partial charge on any atom is -0.493 e. The Morgan fingerprint density at radius 3 is 2.29 bits per heavy atom. The molecule has 2 aliphatic rings. The fraction of sp³-hybridized carbons (Fsp3) is 0.500. The number of nitrogens with zero attached hydrogens (tertiary/aromatic N) is 2. The molecule has 0 spiro atoms. The van der Waals surface area contributed by atoms with E-state index in [1.54, 1.807) is 20.3 Å². The summed E-state index contributed by atoms with van der Waals surface area (Å²) in [5.41, 5.74) is 3.02. The number of urea groups is 1. The second-order valence-electron chi connectivity index (χ2n) is 10.6. The molecule has 2 amide bonds. The summed E-state index contributed by atoms with van der Waals surface area (Å²) in [6.45, 7) is 4.66. The number of anilines is 1. The molecule has 11 nitrogen and oxygen atoms in total. The maximum Gasteiger partial charge on any atom is 0.490 e. The van der Waals surface area contributed by atoms with E-state index in [4.69, 9.17) is 19.4 Å². The molecule has 0 radical (unpaired) electrons. The Morgan fingerprint density at radius 1 is 1.10 bits per heavy atom. The van der Waals surface area contributed by atoms with Gasteiger partial charge < -0.3 is 30.1 Å². The molecule has 2 aromatic rings. The number of alkyl halides is 3. The zero-order chi connectivity index (χ0) is 31.4. The maximum atomic E-state index is 12.8. The number of hydrogen-bond acceptors (Lipinski definition) is 7. The van der Waals surface area contributed by atoms with E-state index in [1.807, 2.05) is 19.9 Å². The third kappa shape index (κ3) is 7.04. The molecule has 3 N–H and O–H groups in total. The highest BCUT2D eigenvalue weighted by atomic mass is 19.4. The van der Waals surface area contributed by atoms with Crippen molar-refractivity contribution in [1.82, 2.24) is 10.2 Å². The average molecular weight is 597 g/mol. The van der Waals surface area contributed by atoms with Gasteiger partial charge in [-0.3, -0.25) is 10.1 Å². The lowest BCUT2D eigenvalue weighted by atomic mass is 9.65. The molecule has 4 rings (SSSR count). The van der Waals surface area contributed by atoms with E-state index in [2.05, 4.69) is 34.7 Å². The van der Waals surface area contributed by atoms with Crippen LogP contribution in [0.1, 0.15) is 42.4 Å². The zero-order valence-corrected chi connectivity index (χ0v) is 24.0. The van der Waals surface area contributed by atoms with Crippen LogP contribution < -0.4 is 20.1 Å². The third-order valence-electron chi connectivity index (χ3n) is 8.12. The number of carboxylic acid groups (broad SMARTS) is 1. The number of fused-ring (bicyclic) bond motifs is 1. The van der Waals surface area contributed by atoms with Gasteiger partial charge in [-0.1, -0.05) is 6.07 Å². The summed E-state index contributed by atoms with van der Waals surface area (Å²) in [4.78, 5) is 35.1. The smallest absolute Gasteiger partial charge is 0.490 e. The topological polar surface area (TPSA) is 143 Å². The van der Waals surface area contributed by atoms with E-state index in [9.17, 15) is 28.1 Å². The van der Waals surface area contributed by atoms with Crippen molar-refractivity contribution in [2.45, 2.75) is 63.2 Å². The molecule has 1 heterocycles. The standard InChI is InChI=1S/C26H34N4O5.C2HF3O2/c1-16-12-20(21(30(32)33)13-17(16)2)28-25(31)27-19-8-9-26(10-11-29(3)24(26)15-19)18-6-7-22(34-4)23(14-18)35-5;3-2(4,5)1(6)7/h6-7,12-14,19,24H,8-11,15H2,1-5H3,(H2,27,28,31);(H,6,7)/t19-,24+,26+;/m1./s1. The summed E-state index contributed by atoms with van der Waals surface area (Å²) in [5.74, 6) is -1.32. The van der Waals surface area contributed by atoms with Crippen LogP contribution in [0.25, 0.3) is 0 Å².